The molecule has 0 N–H and O–H groups in total. The van der Waals surface area contributed by atoms with Gasteiger partial charge in [0.1, 0.15) is 0 Å². The Morgan fingerprint density at radius 2 is 2.31 bits per heavy atom. The van der Waals surface area contributed by atoms with Gasteiger partial charge in [0.05, 0.1) is 0 Å². The SMILES string of the molecule is Cc1cnc(F)nc1-n1cccn1. The van der Waals surface area contributed by atoms with Crippen LogP contribution in [0.2, 0.25) is 0 Å². The third kappa shape index (κ3) is 1.40. The van der Waals surface area contributed by atoms with Gasteiger partial charge in [0.25, 0.3) is 0 Å². The molecule has 0 fully saturated rings. The second-order valence-electron chi connectivity index (χ2n) is 2.60. The van der Waals surface area contributed by atoms with Crippen LogP contribution in [0.1, 0.15) is 5.56 Å². The molecule has 13 heavy (non-hydrogen) atoms. The van der Waals surface area contributed by atoms with Crippen LogP contribution in [-0.4, -0.2) is 19.7 Å². The number of rotatable bonds is 1. The van der Waals surface area contributed by atoms with E-state index in [0.29, 0.717) is 5.82 Å². The van der Waals surface area contributed by atoms with Crippen LogP contribution in [0.15, 0.2) is 24.7 Å². The standard InChI is InChI=1S/C8H7FN4/c1-6-5-10-8(9)12-7(6)13-4-2-3-11-13/h2-5H,1H3. The van der Waals surface area contributed by atoms with Gasteiger partial charge in [-0.3, -0.25) is 0 Å². The molecule has 0 saturated heterocycles. The molecular weight excluding hydrogens is 171 g/mol. The third-order valence-corrected chi connectivity index (χ3v) is 1.64. The lowest BCUT2D eigenvalue weighted by molar-refractivity contribution is 0.531. The Morgan fingerprint density at radius 1 is 1.46 bits per heavy atom. The summed E-state index contributed by atoms with van der Waals surface area (Å²) < 4.78 is 14.2. The topological polar surface area (TPSA) is 43.6 Å². The van der Waals surface area contributed by atoms with Crippen molar-refractivity contribution >= 4 is 0 Å². The van der Waals surface area contributed by atoms with Crippen LogP contribution in [0.5, 0.6) is 0 Å². The summed E-state index contributed by atoms with van der Waals surface area (Å²) in [4.78, 5) is 7.07. The van der Waals surface area contributed by atoms with Crippen LogP contribution in [0.4, 0.5) is 4.39 Å². The summed E-state index contributed by atoms with van der Waals surface area (Å²) in [6.45, 7) is 1.80. The summed E-state index contributed by atoms with van der Waals surface area (Å²) in [5, 5.41) is 3.95. The Kier molecular flexibility index (Phi) is 1.77. The first-order valence-corrected chi connectivity index (χ1v) is 3.76. The zero-order valence-corrected chi connectivity index (χ0v) is 6.98. The second kappa shape index (κ2) is 2.93. The summed E-state index contributed by atoms with van der Waals surface area (Å²) in [5.74, 6) is 0.470. The molecule has 2 heterocycles. The highest BCUT2D eigenvalue weighted by molar-refractivity contribution is 5.28. The monoisotopic (exact) mass is 178 g/mol. The first-order chi connectivity index (χ1) is 6.27. The molecule has 0 radical (unpaired) electrons. The smallest absolute Gasteiger partial charge is 0.222 e. The highest BCUT2D eigenvalue weighted by Crippen LogP contribution is 2.07. The molecule has 0 spiro atoms. The Hall–Kier alpha value is -1.78. The van der Waals surface area contributed by atoms with E-state index in [4.69, 9.17) is 0 Å². The van der Waals surface area contributed by atoms with Gasteiger partial charge in [-0.25, -0.2) is 9.67 Å². The van der Waals surface area contributed by atoms with Gasteiger partial charge in [0.2, 0.25) is 0 Å². The van der Waals surface area contributed by atoms with Gasteiger partial charge in [-0.15, -0.1) is 0 Å². The normalized spacial score (nSPS) is 10.3. The average molecular weight is 178 g/mol. The molecule has 0 aliphatic carbocycles. The van der Waals surface area contributed by atoms with Gasteiger partial charge < -0.3 is 0 Å². The molecule has 2 rings (SSSR count). The highest BCUT2D eigenvalue weighted by Gasteiger charge is 2.04. The maximum atomic E-state index is 12.7. The number of nitrogens with zero attached hydrogens (tertiary/aromatic N) is 4. The zero-order valence-electron chi connectivity index (χ0n) is 6.98. The van der Waals surface area contributed by atoms with Crippen molar-refractivity contribution in [1.29, 1.82) is 0 Å². The van der Waals surface area contributed by atoms with Crippen LogP contribution in [0.3, 0.4) is 0 Å². The van der Waals surface area contributed by atoms with E-state index < -0.39 is 6.08 Å². The molecule has 4 nitrogen and oxygen atoms in total. The van der Waals surface area contributed by atoms with E-state index in [9.17, 15) is 4.39 Å². The maximum absolute atomic E-state index is 12.7. The van der Waals surface area contributed by atoms with Crippen molar-refractivity contribution in [2.24, 2.45) is 0 Å². The van der Waals surface area contributed by atoms with Gasteiger partial charge in [-0.1, -0.05) is 0 Å². The van der Waals surface area contributed by atoms with Crippen LogP contribution in [0.25, 0.3) is 5.82 Å². The van der Waals surface area contributed by atoms with Gasteiger partial charge in [-0.05, 0) is 13.0 Å². The minimum absolute atomic E-state index is 0.470. The molecule has 0 unspecified atom stereocenters. The molecule has 2 aromatic heterocycles. The molecular formula is C8H7FN4. The fraction of sp³-hybridized carbons (Fsp3) is 0.125. The molecule has 0 amide bonds. The third-order valence-electron chi connectivity index (χ3n) is 1.64. The van der Waals surface area contributed by atoms with Gasteiger partial charge in [0.15, 0.2) is 5.82 Å². The number of aryl methyl sites for hydroxylation is 1. The van der Waals surface area contributed by atoms with E-state index in [0.717, 1.165) is 5.56 Å². The lowest BCUT2D eigenvalue weighted by Gasteiger charge is -2.02. The molecule has 0 aliphatic heterocycles. The fourth-order valence-electron chi connectivity index (χ4n) is 1.04. The summed E-state index contributed by atoms with van der Waals surface area (Å²) >= 11 is 0. The van der Waals surface area contributed by atoms with Gasteiger partial charge in [-0.2, -0.15) is 14.5 Å². The molecule has 0 aliphatic rings. The van der Waals surface area contributed by atoms with Crippen LogP contribution in [-0.2, 0) is 0 Å². The minimum Gasteiger partial charge on any atom is -0.222 e. The van der Waals surface area contributed by atoms with Gasteiger partial charge >= 0.3 is 6.08 Å². The second-order valence-corrected chi connectivity index (χ2v) is 2.60. The van der Waals surface area contributed by atoms with Crippen molar-refractivity contribution < 1.29 is 4.39 Å². The molecule has 66 valence electrons. The predicted octanol–water partition coefficient (Wildman–Crippen LogP) is 1.11. The van der Waals surface area contributed by atoms with Crippen molar-refractivity contribution in [2.75, 3.05) is 0 Å². The summed E-state index contributed by atoms with van der Waals surface area (Å²) in [5.41, 5.74) is 0.783. The quantitative estimate of drug-likeness (QED) is 0.614. The van der Waals surface area contributed by atoms with E-state index in [1.165, 1.54) is 10.9 Å². The highest BCUT2D eigenvalue weighted by atomic mass is 19.1. The molecule has 5 heteroatoms. The summed E-state index contributed by atoms with van der Waals surface area (Å²) in [6, 6.07) is 1.75. The van der Waals surface area contributed by atoms with E-state index >= 15 is 0 Å². The Balaban J connectivity index is 2.57. The van der Waals surface area contributed by atoms with E-state index in [1.54, 1.807) is 25.4 Å². The average Bonchev–Trinajstić information content (AvgIpc) is 2.61. The van der Waals surface area contributed by atoms with Crippen molar-refractivity contribution in [3.63, 3.8) is 0 Å². The van der Waals surface area contributed by atoms with Crippen molar-refractivity contribution in [3.05, 3.63) is 36.3 Å². The first-order valence-electron chi connectivity index (χ1n) is 3.76. The number of hydrogen-bond donors (Lipinski definition) is 0. The molecule has 0 bridgehead atoms. The minimum atomic E-state index is -0.740. The van der Waals surface area contributed by atoms with Crippen molar-refractivity contribution in [2.45, 2.75) is 6.92 Å². The Bertz CT molecular complexity index is 410. The Morgan fingerprint density at radius 3 is 3.00 bits per heavy atom. The number of hydrogen-bond acceptors (Lipinski definition) is 3. The lowest BCUT2D eigenvalue weighted by atomic mass is 10.3. The van der Waals surface area contributed by atoms with Crippen LogP contribution < -0.4 is 0 Å². The maximum Gasteiger partial charge on any atom is 0.310 e. The first kappa shape index (κ1) is 7.85. The number of halogens is 1. The van der Waals surface area contributed by atoms with E-state index in [-0.39, 0.29) is 0 Å². The van der Waals surface area contributed by atoms with E-state index in [2.05, 4.69) is 15.1 Å². The van der Waals surface area contributed by atoms with Crippen molar-refractivity contribution in [3.8, 4) is 5.82 Å². The fourth-order valence-corrected chi connectivity index (χ4v) is 1.04. The zero-order chi connectivity index (χ0) is 9.26. The van der Waals surface area contributed by atoms with E-state index in [1.807, 2.05) is 0 Å². The Labute approximate surface area is 74.1 Å². The largest absolute Gasteiger partial charge is 0.310 e. The van der Waals surface area contributed by atoms with Crippen LogP contribution >= 0.6 is 0 Å². The molecule has 0 saturated carbocycles. The molecule has 2 aromatic rings. The van der Waals surface area contributed by atoms with Crippen molar-refractivity contribution in [1.82, 2.24) is 19.7 Å². The van der Waals surface area contributed by atoms with Crippen LogP contribution in [0, 0.1) is 13.0 Å². The van der Waals surface area contributed by atoms with Gasteiger partial charge in [0, 0.05) is 24.2 Å². The molecule has 0 atom stereocenters. The summed E-state index contributed by atoms with van der Waals surface area (Å²) in [6.07, 6.45) is 4.00. The lowest BCUT2D eigenvalue weighted by Crippen LogP contribution is -2.03. The number of aromatic nitrogens is 4. The predicted molar refractivity (Wildman–Crippen MR) is 43.8 cm³/mol. The summed E-state index contributed by atoms with van der Waals surface area (Å²) in [7, 11) is 0. The molecule has 0 aromatic carbocycles.